The van der Waals surface area contributed by atoms with Crippen molar-refractivity contribution in [2.24, 2.45) is 0 Å². The van der Waals surface area contributed by atoms with Gasteiger partial charge in [-0.15, -0.1) is 0 Å². The zero-order chi connectivity index (χ0) is 25.1. The molecule has 8 aromatic rings. The van der Waals surface area contributed by atoms with Crippen molar-refractivity contribution in [1.82, 2.24) is 14.1 Å². The monoisotopic (exact) mass is 485 g/mol. The lowest BCUT2D eigenvalue weighted by molar-refractivity contribution is 1.13. The molecule has 0 bridgehead atoms. The molecule has 0 amide bonds. The number of hydrogen-bond donors (Lipinski definition) is 0. The first-order valence-corrected chi connectivity index (χ1v) is 12.9. The third-order valence-corrected chi connectivity index (χ3v) is 7.59. The third kappa shape index (κ3) is 3.12. The summed E-state index contributed by atoms with van der Waals surface area (Å²) in [5, 5.41) is 6.25. The number of para-hydroxylation sites is 2. The van der Waals surface area contributed by atoms with E-state index in [0.29, 0.717) is 0 Å². The van der Waals surface area contributed by atoms with Gasteiger partial charge in [0.25, 0.3) is 0 Å². The molecule has 0 aliphatic rings. The summed E-state index contributed by atoms with van der Waals surface area (Å²) in [5.74, 6) is 0. The molecule has 3 aromatic heterocycles. The highest BCUT2D eigenvalue weighted by molar-refractivity contribution is 6.18. The van der Waals surface area contributed by atoms with Crippen molar-refractivity contribution in [3.63, 3.8) is 0 Å². The van der Waals surface area contributed by atoms with Crippen LogP contribution in [-0.2, 0) is 0 Å². The van der Waals surface area contributed by atoms with E-state index in [1.54, 1.807) is 0 Å². The Morgan fingerprint density at radius 2 is 1.24 bits per heavy atom. The predicted molar refractivity (Wildman–Crippen MR) is 158 cm³/mol. The van der Waals surface area contributed by atoms with Crippen molar-refractivity contribution in [2.75, 3.05) is 0 Å². The number of aromatic nitrogens is 3. The van der Waals surface area contributed by atoms with Crippen LogP contribution < -0.4 is 0 Å². The van der Waals surface area contributed by atoms with Crippen molar-refractivity contribution in [3.05, 3.63) is 140 Å². The fourth-order valence-electron chi connectivity index (χ4n) is 5.80. The van der Waals surface area contributed by atoms with E-state index in [0.717, 1.165) is 16.9 Å². The molecule has 5 aromatic carbocycles. The molecule has 0 atom stereocenters. The van der Waals surface area contributed by atoms with Crippen molar-refractivity contribution >= 4 is 43.5 Å². The Morgan fingerprint density at radius 3 is 2.05 bits per heavy atom. The normalized spacial score (nSPS) is 11.7. The van der Waals surface area contributed by atoms with E-state index in [1.165, 1.54) is 49.2 Å². The van der Waals surface area contributed by atoms with Gasteiger partial charge in [0.05, 0.1) is 34.1 Å². The van der Waals surface area contributed by atoms with Crippen LogP contribution in [0.1, 0.15) is 0 Å². The van der Waals surface area contributed by atoms with Crippen LogP contribution in [-0.4, -0.2) is 14.1 Å². The van der Waals surface area contributed by atoms with Gasteiger partial charge >= 0.3 is 0 Å². The van der Waals surface area contributed by atoms with Gasteiger partial charge in [0, 0.05) is 33.6 Å². The highest BCUT2D eigenvalue weighted by Crippen LogP contribution is 2.37. The number of hydrogen-bond acceptors (Lipinski definition) is 1. The van der Waals surface area contributed by atoms with Crippen molar-refractivity contribution in [2.45, 2.75) is 0 Å². The molecular weight excluding hydrogens is 462 g/mol. The molecule has 3 heteroatoms. The third-order valence-electron chi connectivity index (χ3n) is 7.59. The van der Waals surface area contributed by atoms with Gasteiger partial charge in [-0.25, -0.2) is 0 Å². The molecule has 38 heavy (non-hydrogen) atoms. The molecule has 0 N–H and O–H groups in total. The Bertz CT molecular complexity index is 2100. The second kappa shape index (κ2) is 8.19. The first-order valence-electron chi connectivity index (χ1n) is 12.9. The second-order valence-corrected chi connectivity index (χ2v) is 9.73. The lowest BCUT2D eigenvalue weighted by atomic mass is 10.0. The summed E-state index contributed by atoms with van der Waals surface area (Å²) in [5.41, 5.74) is 7.91. The van der Waals surface area contributed by atoms with E-state index < -0.39 is 0 Å². The zero-order valence-corrected chi connectivity index (χ0v) is 20.6. The quantitative estimate of drug-likeness (QED) is 0.245. The molecule has 0 aliphatic carbocycles. The second-order valence-electron chi connectivity index (χ2n) is 9.73. The molecule has 0 aliphatic heterocycles. The fourth-order valence-corrected chi connectivity index (χ4v) is 5.80. The van der Waals surface area contributed by atoms with Crippen LogP contribution in [0.3, 0.4) is 0 Å². The van der Waals surface area contributed by atoms with Crippen molar-refractivity contribution in [1.29, 1.82) is 0 Å². The molecule has 8 rings (SSSR count). The van der Waals surface area contributed by atoms with E-state index in [1.807, 2.05) is 12.3 Å². The van der Waals surface area contributed by atoms with Crippen LogP contribution in [0, 0.1) is 0 Å². The number of pyridine rings is 1. The Hall–Kier alpha value is -5.15. The van der Waals surface area contributed by atoms with E-state index in [-0.39, 0.29) is 0 Å². The topological polar surface area (TPSA) is 22.8 Å². The van der Waals surface area contributed by atoms with Gasteiger partial charge in [-0.1, -0.05) is 72.8 Å². The molecule has 0 unspecified atom stereocenters. The standard InChI is InChI=1S/C35H23N3/c1-3-9-24(10-4-1)32-17-16-27(23-36-32)38-34-14-8-7-13-28(34)31-21-25-15-18-33-29(30(25)22-35(31)38)19-20-37(33)26-11-5-2-6-12-26/h1-23H. The lowest BCUT2D eigenvalue weighted by Gasteiger charge is -2.10. The van der Waals surface area contributed by atoms with E-state index >= 15 is 0 Å². The summed E-state index contributed by atoms with van der Waals surface area (Å²) in [6, 6.07) is 45.2. The van der Waals surface area contributed by atoms with Crippen LogP contribution >= 0.6 is 0 Å². The lowest BCUT2D eigenvalue weighted by Crippen LogP contribution is -1.95. The molecule has 3 nitrogen and oxygen atoms in total. The number of fused-ring (bicyclic) bond motifs is 6. The Labute approximate surface area is 219 Å². The molecule has 3 heterocycles. The van der Waals surface area contributed by atoms with E-state index in [2.05, 4.69) is 137 Å². The maximum atomic E-state index is 4.84. The van der Waals surface area contributed by atoms with Crippen molar-refractivity contribution in [3.8, 4) is 22.6 Å². The van der Waals surface area contributed by atoms with Crippen LogP contribution in [0.25, 0.3) is 66.1 Å². The van der Waals surface area contributed by atoms with Crippen LogP contribution in [0.5, 0.6) is 0 Å². The maximum absolute atomic E-state index is 4.84. The Kier molecular flexibility index (Phi) is 4.52. The van der Waals surface area contributed by atoms with Crippen LogP contribution in [0.4, 0.5) is 0 Å². The number of rotatable bonds is 3. The summed E-state index contributed by atoms with van der Waals surface area (Å²) in [4.78, 5) is 4.84. The van der Waals surface area contributed by atoms with Gasteiger partial charge < -0.3 is 9.13 Å². The minimum absolute atomic E-state index is 0.976. The highest BCUT2D eigenvalue weighted by Gasteiger charge is 2.15. The van der Waals surface area contributed by atoms with Gasteiger partial charge in [0.1, 0.15) is 0 Å². The highest BCUT2D eigenvalue weighted by atomic mass is 15.0. The summed E-state index contributed by atoms with van der Waals surface area (Å²) in [7, 11) is 0. The summed E-state index contributed by atoms with van der Waals surface area (Å²) >= 11 is 0. The van der Waals surface area contributed by atoms with E-state index in [4.69, 9.17) is 4.98 Å². The Balaban J connectivity index is 1.38. The molecule has 0 spiro atoms. The summed E-state index contributed by atoms with van der Waals surface area (Å²) < 4.78 is 4.61. The summed E-state index contributed by atoms with van der Waals surface area (Å²) in [6.45, 7) is 0. The molecule has 178 valence electrons. The number of benzene rings is 5. The van der Waals surface area contributed by atoms with Gasteiger partial charge in [0.15, 0.2) is 0 Å². The first-order chi connectivity index (χ1) is 18.8. The number of nitrogens with zero attached hydrogens (tertiary/aromatic N) is 3. The average Bonchev–Trinajstić information content (AvgIpc) is 3.57. The largest absolute Gasteiger partial charge is 0.317 e. The minimum atomic E-state index is 0.976. The first kappa shape index (κ1) is 21.0. The zero-order valence-electron chi connectivity index (χ0n) is 20.6. The molecule has 0 saturated heterocycles. The predicted octanol–water partition coefficient (Wildman–Crippen LogP) is 8.94. The molecule has 0 radical (unpaired) electrons. The van der Waals surface area contributed by atoms with Gasteiger partial charge in [-0.2, -0.15) is 0 Å². The minimum Gasteiger partial charge on any atom is -0.317 e. The SMILES string of the molecule is c1ccc(-c2ccc(-n3c4ccccc4c4cc5ccc6c(ccn6-c6ccccc6)c5cc43)cn2)cc1. The Morgan fingerprint density at radius 1 is 0.474 bits per heavy atom. The van der Waals surface area contributed by atoms with E-state index in [9.17, 15) is 0 Å². The molecule has 0 fully saturated rings. The fraction of sp³-hybridized carbons (Fsp3) is 0. The molecule has 0 saturated carbocycles. The van der Waals surface area contributed by atoms with Crippen LogP contribution in [0.15, 0.2) is 140 Å². The van der Waals surface area contributed by atoms with Gasteiger partial charge in [-0.3, -0.25) is 4.98 Å². The van der Waals surface area contributed by atoms with Crippen molar-refractivity contribution < 1.29 is 0 Å². The average molecular weight is 486 g/mol. The van der Waals surface area contributed by atoms with Gasteiger partial charge in [0.2, 0.25) is 0 Å². The van der Waals surface area contributed by atoms with Crippen LogP contribution in [0.2, 0.25) is 0 Å². The smallest absolute Gasteiger partial charge is 0.0703 e. The van der Waals surface area contributed by atoms with Gasteiger partial charge in [-0.05, 0) is 65.4 Å². The maximum Gasteiger partial charge on any atom is 0.0703 e. The molecular formula is C35H23N3. The summed E-state index contributed by atoms with van der Waals surface area (Å²) in [6.07, 6.45) is 4.16.